The number of thiol groups is 2. The lowest BCUT2D eigenvalue weighted by molar-refractivity contribution is -0.148. The molecular formula is C3H4O3S2. The predicted molar refractivity (Wildman–Crippen MR) is 34.4 cm³/mol. The van der Waals surface area contributed by atoms with Gasteiger partial charge in [-0.15, -0.1) is 0 Å². The highest BCUT2D eigenvalue weighted by Crippen LogP contribution is 2.00. The molecule has 0 aromatic heterocycles. The lowest BCUT2D eigenvalue weighted by atomic mass is 10.5. The van der Waals surface area contributed by atoms with E-state index in [9.17, 15) is 9.59 Å². The van der Waals surface area contributed by atoms with Crippen LogP contribution < -0.4 is 0 Å². The van der Waals surface area contributed by atoms with Crippen molar-refractivity contribution in [3.63, 3.8) is 0 Å². The van der Waals surface area contributed by atoms with Crippen molar-refractivity contribution in [2.75, 3.05) is 0 Å². The molecule has 0 unspecified atom stereocenters. The van der Waals surface area contributed by atoms with E-state index < -0.39 is 16.3 Å². The fourth-order valence-corrected chi connectivity index (χ4v) is 0.331. The second-order valence-corrected chi connectivity index (χ2v) is 2.48. The Morgan fingerprint density at radius 2 is 1.75 bits per heavy atom. The number of carboxylic acids is 1. The fraction of sp³-hybridized carbons (Fsp3) is 0.333. The molecule has 0 aromatic rings. The number of ketones is 1. The van der Waals surface area contributed by atoms with Crippen molar-refractivity contribution in [1.29, 1.82) is 0 Å². The molecule has 0 fully saturated rings. The minimum Gasteiger partial charge on any atom is -0.475 e. The van der Waals surface area contributed by atoms with E-state index in [1.165, 1.54) is 0 Å². The van der Waals surface area contributed by atoms with Crippen LogP contribution >= 0.6 is 25.3 Å². The summed E-state index contributed by atoms with van der Waals surface area (Å²) in [5, 5.41) is 7.91. The maximum Gasteiger partial charge on any atom is 0.374 e. The molecule has 0 saturated carbocycles. The minimum atomic E-state index is -1.50. The zero-order valence-corrected chi connectivity index (χ0v) is 5.52. The predicted octanol–water partition coefficient (Wildman–Crippen LogP) is -0.174. The van der Waals surface area contributed by atoms with Crippen LogP contribution in [-0.4, -0.2) is 21.4 Å². The van der Waals surface area contributed by atoms with Crippen molar-refractivity contribution in [3.05, 3.63) is 0 Å². The summed E-state index contributed by atoms with van der Waals surface area (Å²) in [6.45, 7) is 0. The molecule has 0 aliphatic heterocycles. The van der Waals surface area contributed by atoms with Crippen molar-refractivity contribution in [2.24, 2.45) is 0 Å². The van der Waals surface area contributed by atoms with Crippen LogP contribution in [0.2, 0.25) is 0 Å². The van der Waals surface area contributed by atoms with Crippen LogP contribution in [0.15, 0.2) is 0 Å². The molecule has 0 saturated heterocycles. The van der Waals surface area contributed by atoms with E-state index in [0.29, 0.717) is 0 Å². The van der Waals surface area contributed by atoms with E-state index in [2.05, 4.69) is 25.3 Å². The smallest absolute Gasteiger partial charge is 0.374 e. The number of hydrogen-bond acceptors (Lipinski definition) is 4. The highest BCUT2D eigenvalue weighted by atomic mass is 32.2. The first kappa shape index (κ1) is 7.84. The third kappa shape index (κ3) is 2.23. The van der Waals surface area contributed by atoms with Crippen LogP contribution in [0.4, 0.5) is 0 Å². The zero-order valence-electron chi connectivity index (χ0n) is 3.74. The summed E-state index contributed by atoms with van der Waals surface area (Å²) in [6.07, 6.45) is 0. The van der Waals surface area contributed by atoms with E-state index in [1.54, 1.807) is 0 Å². The van der Waals surface area contributed by atoms with Gasteiger partial charge in [-0.2, -0.15) is 25.3 Å². The molecule has 0 rings (SSSR count). The number of aliphatic carboxylic acids is 1. The van der Waals surface area contributed by atoms with E-state index in [4.69, 9.17) is 5.11 Å². The van der Waals surface area contributed by atoms with Gasteiger partial charge in [0.1, 0.15) is 4.58 Å². The molecule has 0 radical (unpaired) electrons. The summed E-state index contributed by atoms with van der Waals surface area (Å²) in [6, 6.07) is 0. The topological polar surface area (TPSA) is 54.4 Å². The van der Waals surface area contributed by atoms with Gasteiger partial charge < -0.3 is 5.11 Å². The molecular weight excluding hydrogens is 148 g/mol. The van der Waals surface area contributed by atoms with Gasteiger partial charge in [0.25, 0.3) is 5.78 Å². The van der Waals surface area contributed by atoms with Gasteiger partial charge >= 0.3 is 5.97 Å². The lowest BCUT2D eigenvalue weighted by Crippen LogP contribution is -2.19. The van der Waals surface area contributed by atoms with E-state index in [1.807, 2.05) is 0 Å². The molecule has 8 heavy (non-hydrogen) atoms. The van der Waals surface area contributed by atoms with Crippen LogP contribution in [-0.2, 0) is 9.59 Å². The first-order chi connectivity index (χ1) is 3.55. The highest BCUT2D eigenvalue weighted by Gasteiger charge is 2.16. The van der Waals surface area contributed by atoms with Gasteiger partial charge in [0.05, 0.1) is 0 Å². The average Bonchev–Trinajstić information content (AvgIpc) is 1.64. The van der Waals surface area contributed by atoms with E-state index in [-0.39, 0.29) is 0 Å². The van der Waals surface area contributed by atoms with Gasteiger partial charge in [-0.3, -0.25) is 4.79 Å². The van der Waals surface area contributed by atoms with Crippen LogP contribution in [0.3, 0.4) is 0 Å². The fourth-order valence-electron chi connectivity index (χ4n) is 0.110. The molecule has 3 nitrogen and oxygen atoms in total. The molecule has 0 atom stereocenters. The number of carbonyl (C=O) groups excluding carboxylic acids is 1. The summed E-state index contributed by atoms with van der Waals surface area (Å²) in [7, 11) is 0. The monoisotopic (exact) mass is 152 g/mol. The van der Waals surface area contributed by atoms with Crippen LogP contribution in [0.25, 0.3) is 0 Å². The molecule has 5 heteroatoms. The van der Waals surface area contributed by atoms with Gasteiger partial charge in [0.15, 0.2) is 0 Å². The Labute approximate surface area is 56.9 Å². The number of Topliss-reactive ketones (excluding diaryl/α,β-unsaturated/α-hetero) is 1. The number of carboxylic acid groups (broad SMARTS) is 1. The summed E-state index contributed by atoms with van der Waals surface area (Å²) in [4.78, 5) is 19.8. The Kier molecular flexibility index (Phi) is 2.93. The van der Waals surface area contributed by atoms with Crippen molar-refractivity contribution in [3.8, 4) is 0 Å². The average molecular weight is 152 g/mol. The van der Waals surface area contributed by atoms with Crippen molar-refractivity contribution in [2.45, 2.75) is 4.58 Å². The summed E-state index contributed by atoms with van der Waals surface area (Å²) >= 11 is 6.93. The Morgan fingerprint density at radius 3 is 1.75 bits per heavy atom. The Balaban J connectivity index is 3.84. The van der Waals surface area contributed by atoms with E-state index >= 15 is 0 Å². The maximum atomic E-state index is 10.1. The minimum absolute atomic E-state index is 1.00. The molecule has 0 heterocycles. The lowest BCUT2D eigenvalue weighted by Gasteiger charge is -1.92. The maximum absolute atomic E-state index is 10.1. The number of rotatable bonds is 2. The normalized spacial score (nSPS) is 9.38. The molecule has 0 aliphatic rings. The highest BCUT2D eigenvalue weighted by molar-refractivity contribution is 8.00. The third-order valence-electron chi connectivity index (χ3n) is 0.445. The summed E-state index contributed by atoms with van der Waals surface area (Å²) in [5.74, 6) is -2.50. The first-order valence-electron chi connectivity index (χ1n) is 1.69. The van der Waals surface area contributed by atoms with Gasteiger partial charge in [-0.25, -0.2) is 4.79 Å². The van der Waals surface area contributed by atoms with Gasteiger partial charge in [-0.05, 0) is 0 Å². The Hall–Kier alpha value is -0.160. The van der Waals surface area contributed by atoms with Gasteiger partial charge in [0.2, 0.25) is 0 Å². The first-order valence-corrected chi connectivity index (χ1v) is 2.72. The molecule has 0 aliphatic carbocycles. The largest absolute Gasteiger partial charge is 0.475 e. The molecule has 46 valence electrons. The Morgan fingerprint density at radius 1 is 1.38 bits per heavy atom. The third-order valence-corrected chi connectivity index (χ3v) is 0.914. The van der Waals surface area contributed by atoms with Gasteiger partial charge in [-0.1, -0.05) is 0 Å². The van der Waals surface area contributed by atoms with E-state index in [0.717, 1.165) is 0 Å². The number of carbonyl (C=O) groups is 2. The zero-order chi connectivity index (χ0) is 6.73. The molecule has 0 aromatic carbocycles. The Bertz CT molecular complexity index is 120. The molecule has 0 spiro atoms. The van der Waals surface area contributed by atoms with Gasteiger partial charge in [0, 0.05) is 0 Å². The van der Waals surface area contributed by atoms with Crippen molar-refractivity contribution in [1.82, 2.24) is 0 Å². The summed E-state index contributed by atoms with van der Waals surface area (Å²) in [5.41, 5.74) is 0. The molecule has 1 N–H and O–H groups in total. The van der Waals surface area contributed by atoms with Crippen LogP contribution in [0.1, 0.15) is 0 Å². The second kappa shape index (κ2) is 2.99. The SMILES string of the molecule is O=C(O)C(=O)C(S)S. The van der Waals surface area contributed by atoms with Crippen LogP contribution in [0, 0.1) is 0 Å². The number of hydrogen-bond donors (Lipinski definition) is 3. The van der Waals surface area contributed by atoms with Crippen LogP contribution in [0.5, 0.6) is 0 Å². The van der Waals surface area contributed by atoms with Crippen molar-refractivity contribution >= 4 is 37.0 Å². The summed E-state index contributed by atoms with van der Waals surface area (Å²) < 4.78 is -1.01. The van der Waals surface area contributed by atoms with Crippen molar-refractivity contribution < 1.29 is 14.7 Å². The quantitative estimate of drug-likeness (QED) is 0.292. The molecule has 0 bridgehead atoms. The second-order valence-electron chi connectivity index (χ2n) is 1.04. The molecule has 0 amide bonds. The standard InChI is InChI=1S/C3H4O3S2/c4-1(2(5)6)3(7)8/h3,7-8H,(H,5,6).